The normalized spacial score (nSPS) is 24.2. The second-order valence-corrected chi connectivity index (χ2v) is 3.87. The summed E-state index contributed by atoms with van der Waals surface area (Å²) < 4.78 is 42.2. The number of carbonyl (C=O) groups excluding carboxylic acids is 1. The van der Waals surface area contributed by atoms with Gasteiger partial charge in [-0.2, -0.15) is 13.2 Å². The Morgan fingerprint density at radius 1 is 1.50 bits per heavy atom. The van der Waals surface area contributed by atoms with Crippen LogP contribution in [0.3, 0.4) is 0 Å². The molecule has 0 aliphatic carbocycles. The summed E-state index contributed by atoms with van der Waals surface area (Å²) in [4.78, 5) is 16.1. The summed E-state index contributed by atoms with van der Waals surface area (Å²) in [5, 5.41) is 0. The van der Waals surface area contributed by atoms with Crippen LogP contribution in [0.5, 0.6) is 0 Å². The lowest BCUT2D eigenvalue weighted by Gasteiger charge is -2.21. The highest BCUT2D eigenvalue weighted by molar-refractivity contribution is 5.92. The monoisotopic (exact) mass is 261 g/mol. The molecule has 0 radical (unpaired) electrons. The van der Waals surface area contributed by atoms with E-state index in [4.69, 9.17) is 5.73 Å². The van der Waals surface area contributed by atoms with E-state index in [1.54, 1.807) is 0 Å². The predicted octanol–water partition coefficient (Wildman–Crippen LogP) is 1.94. The molecule has 1 fully saturated rings. The third-order valence-corrected chi connectivity index (χ3v) is 2.64. The number of alkyl halides is 3. The third-order valence-electron chi connectivity index (χ3n) is 2.64. The van der Waals surface area contributed by atoms with Gasteiger partial charge in [-0.15, -0.1) is 0 Å². The molecule has 2 heterocycles. The van der Waals surface area contributed by atoms with Crippen LogP contribution in [0.4, 0.5) is 29.5 Å². The van der Waals surface area contributed by atoms with Crippen LogP contribution in [-0.2, 0) is 4.74 Å². The Balaban J connectivity index is 2.36. The summed E-state index contributed by atoms with van der Waals surface area (Å²) in [5.41, 5.74) is 5.70. The number of cyclic esters (lactones) is 1. The first kappa shape index (κ1) is 12.5. The van der Waals surface area contributed by atoms with Crippen molar-refractivity contribution in [3.05, 3.63) is 18.3 Å². The molecule has 1 saturated heterocycles. The first-order valence-electron chi connectivity index (χ1n) is 5.09. The summed E-state index contributed by atoms with van der Waals surface area (Å²) in [6, 6.07) is 1.75. The lowest BCUT2D eigenvalue weighted by molar-refractivity contribution is -0.198. The van der Waals surface area contributed by atoms with Gasteiger partial charge in [0.1, 0.15) is 0 Å². The molecule has 1 aromatic rings. The number of amides is 1. The molecular weight excluding hydrogens is 251 g/mol. The predicted molar refractivity (Wildman–Crippen MR) is 56.9 cm³/mol. The number of anilines is 2. The summed E-state index contributed by atoms with van der Waals surface area (Å²) >= 11 is 0. The van der Waals surface area contributed by atoms with E-state index in [1.807, 2.05) is 0 Å². The molecule has 1 aliphatic heterocycles. The molecule has 0 unspecified atom stereocenters. The molecule has 2 N–H and O–H groups in total. The van der Waals surface area contributed by atoms with E-state index in [1.165, 1.54) is 25.3 Å². The molecule has 0 spiro atoms. The number of nitrogen functional groups attached to an aromatic ring is 1. The van der Waals surface area contributed by atoms with Gasteiger partial charge >= 0.3 is 12.3 Å². The molecule has 2 atom stereocenters. The van der Waals surface area contributed by atoms with Crippen molar-refractivity contribution in [3.8, 4) is 0 Å². The first-order chi connectivity index (χ1) is 8.32. The molecular formula is C10H10F3N3O2. The fourth-order valence-electron chi connectivity index (χ4n) is 1.80. The van der Waals surface area contributed by atoms with Gasteiger partial charge in [-0.05, 0) is 19.1 Å². The van der Waals surface area contributed by atoms with Crippen molar-refractivity contribution in [2.45, 2.75) is 25.2 Å². The number of hydrogen-bond donors (Lipinski definition) is 1. The van der Waals surface area contributed by atoms with Crippen molar-refractivity contribution >= 4 is 17.6 Å². The number of rotatable bonds is 1. The van der Waals surface area contributed by atoms with Gasteiger partial charge in [-0.1, -0.05) is 0 Å². The second kappa shape index (κ2) is 4.04. The lowest BCUT2D eigenvalue weighted by Crippen LogP contribution is -2.41. The zero-order valence-corrected chi connectivity index (χ0v) is 9.31. The van der Waals surface area contributed by atoms with E-state index >= 15 is 0 Å². The number of halogens is 3. The molecule has 1 aliphatic rings. The fraction of sp³-hybridized carbons (Fsp3) is 0.400. The Kier molecular flexibility index (Phi) is 2.80. The van der Waals surface area contributed by atoms with Gasteiger partial charge in [0.05, 0.1) is 11.7 Å². The quantitative estimate of drug-likeness (QED) is 0.838. The molecule has 2 rings (SSSR count). The van der Waals surface area contributed by atoms with Gasteiger partial charge < -0.3 is 10.5 Å². The Bertz CT molecular complexity index is 478. The molecule has 0 aromatic carbocycles. The minimum atomic E-state index is -4.62. The molecule has 0 bridgehead atoms. The Labute approximate surface area is 100 Å². The molecule has 8 heteroatoms. The van der Waals surface area contributed by atoms with Crippen LogP contribution in [0, 0.1) is 0 Å². The Morgan fingerprint density at radius 2 is 2.17 bits per heavy atom. The van der Waals surface area contributed by atoms with Crippen molar-refractivity contribution in [3.63, 3.8) is 0 Å². The van der Waals surface area contributed by atoms with Gasteiger partial charge in [-0.25, -0.2) is 9.78 Å². The van der Waals surface area contributed by atoms with Crippen LogP contribution < -0.4 is 10.6 Å². The van der Waals surface area contributed by atoms with E-state index in [2.05, 4.69) is 9.72 Å². The number of nitrogens with two attached hydrogens (primary N) is 1. The van der Waals surface area contributed by atoms with Gasteiger partial charge in [-0.3, -0.25) is 4.90 Å². The SMILES string of the molecule is C[C@H]1[C@H](C(F)(F)F)OC(=O)N1c1ncccc1N. The minimum absolute atomic E-state index is 0.0262. The lowest BCUT2D eigenvalue weighted by atomic mass is 10.1. The maximum atomic E-state index is 12.6. The highest BCUT2D eigenvalue weighted by Crippen LogP contribution is 2.36. The molecule has 0 saturated carbocycles. The van der Waals surface area contributed by atoms with Gasteiger partial charge in [0.15, 0.2) is 5.82 Å². The number of nitrogens with zero attached hydrogens (tertiary/aromatic N) is 2. The average molecular weight is 261 g/mol. The number of hydrogen-bond acceptors (Lipinski definition) is 4. The minimum Gasteiger partial charge on any atom is -0.434 e. The summed E-state index contributed by atoms with van der Waals surface area (Å²) in [6.07, 6.45) is -6.55. The number of ether oxygens (including phenoxy) is 1. The largest absolute Gasteiger partial charge is 0.434 e. The third kappa shape index (κ3) is 1.93. The Hall–Kier alpha value is -1.99. The van der Waals surface area contributed by atoms with E-state index in [-0.39, 0.29) is 11.5 Å². The number of aromatic nitrogens is 1. The van der Waals surface area contributed by atoms with Crippen LogP contribution in [0.2, 0.25) is 0 Å². The van der Waals surface area contributed by atoms with Gasteiger partial charge in [0.25, 0.3) is 0 Å². The molecule has 1 amide bonds. The molecule has 98 valence electrons. The molecule has 1 aromatic heterocycles. The van der Waals surface area contributed by atoms with Crippen molar-refractivity contribution in [1.29, 1.82) is 0 Å². The van der Waals surface area contributed by atoms with Crippen molar-refractivity contribution in [1.82, 2.24) is 4.98 Å². The van der Waals surface area contributed by atoms with Crippen LogP contribution in [-0.4, -0.2) is 29.4 Å². The summed E-state index contributed by atoms with van der Waals surface area (Å²) in [5.74, 6) is -0.0262. The van der Waals surface area contributed by atoms with Crippen LogP contribution >= 0.6 is 0 Å². The standard InChI is InChI=1S/C10H10F3N3O2/c1-5-7(10(11,12)13)18-9(17)16(5)8-6(14)3-2-4-15-8/h2-5,7H,14H2,1H3/t5-,7+/m0/s1. The van der Waals surface area contributed by atoms with E-state index in [0.717, 1.165) is 4.90 Å². The zero-order chi connectivity index (χ0) is 13.5. The average Bonchev–Trinajstić information content (AvgIpc) is 2.55. The maximum Gasteiger partial charge on any atom is 0.427 e. The van der Waals surface area contributed by atoms with Gasteiger partial charge in [0, 0.05) is 6.20 Å². The maximum absolute atomic E-state index is 12.6. The molecule has 18 heavy (non-hydrogen) atoms. The van der Waals surface area contributed by atoms with Crippen molar-refractivity contribution in [2.75, 3.05) is 10.6 Å². The van der Waals surface area contributed by atoms with Gasteiger partial charge in [0.2, 0.25) is 6.10 Å². The van der Waals surface area contributed by atoms with Crippen molar-refractivity contribution < 1.29 is 22.7 Å². The number of pyridine rings is 1. The summed E-state index contributed by atoms with van der Waals surface area (Å²) in [6.45, 7) is 1.23. The smallest absolute Gasteiger partial charge is 0.427 e. The summed E-state index contributed by atoms with van der Waals surface area (Å²) in [7, 11) is 0. The van der Waals surface area contributed by atoms with E-state index < -0.39 is 24.4 Å². The van der Waals surface area contributed by atoms with Crippen LogP contribution in [0.15, 0.2) is 18.3 Å². The Morgan fingerprint density at radius 3 is 2.67 bits per heavy atom. The first-order valence-corrected chi connectivity index (χ1v) is 5.09. The van der Waals surface area contributed by atoms with E-state index in [0.29, 0.717) is 0 Å². The topological polar surface area (TPSA) is 68.5 Å². The van der Waals surface area contributed by atoms with Crippen LogP contribution in [0.25, 0.3) is 0 Å². The second-order valence-electron chi connectivity index (χ2n) is 3.87. The fourth-order valence-corrected chi connectivity index (χ4v) is 1.80. The molecule has 5 nitrogen and oxygen atoms in total. The highest BCUT2D eigenvalue weighted by atomic mass is 19.4. The van der Waals surface area contributed by atoms with E-state index in [9.17, 15) is 18.0 Å². The van der Waals surface area contributed by atoms with Crippen molar-refractivity contribution in [2.24, 2.45) is 0 Å². The number of carbonyl (C=O) groups is 1. The van der Waals surface area contributed by atoms with Crippen LogP contribution in [0.1, 0.15) is 6.92 Å². The highest BCUT2D eigenvalue weighted by Gasteiger charge is 2.55. The zero-order valence-electron chi connectivity index (χ0n) is 9.31.